The van der Waals surface area contributed by atoms with Gasteiger partial charge in [0, 0.05) is 19.2 Å². The standard InChI is InChI=1S/C23H30F4N2O4S/c1-34(31,32)28-21(30)18-11-17(15-6-7-15)20(12-19(18)24)33-16-5-4-10-29(13-16)14-22(23(25,26)27)8-2-3-9-22/h11-12,15-16H,2-10,13-14H2,1H3,(H,28,30)/t16-/m1/s1. The van der Waals surface area contributed by atoms with E-state index in [1.54, 1.807) is 4.72 Å². The van der Waals surface area contributed by atoms with Crippen LogP contribution in [0.1, 0.15) is 73.2 Å². The van der Waals surface area contributed by atoms with Crippen molar-refractivity contribution >= 4 is 15.9 Å². The van der Waals surface area contributed by atoms with E-state index < -0.39 is 39.4 Å². The highest BCUT2D eigenvalue weighted by Gasteiger charge is 2.56. The van der Waals surface area contributed by atoms with Gasteiger partial charge in [0.1, 0.15) is 17.7 Å². The summed E-state index contributed by atoms with van der Waals surface area (Å²) in [5.74, 6) is -1.61. The Morgan fingerprint density at radius 3 is 2.44 bits per heavy atom. The van der Waals surface area contributed by atoms with Gasteiger partial charge in [-0.25, -0.2) is 17.5 Å². The molecule has 0 aromatic heterocycles. The largest absolute Gasteiger partial charge is 0.489 e. The average Bonchev–Trinajstić information content (AvgIpc) is 3.44. The van der Waals surface area contributed by atoms with E-state index in [4.69, 9.17) is 4.74 Å². The first-order chi connectivity index (χ1) is 15.9. The second-order valence-corrected chi connectivity index (χ2v) is 11.7. The van der Waals surface area contributed by atoms with Gasteiger partial charge in [-0.05, 0) is 62.6 Å². The third-order valence-corrected chi connectivity index (χ3v) is 7.64. The van der Waals surface area contributed by atoms with Gasteiger partial charge in [-0.3, -0.25) is 9.69 Å². The van der Waals surface area contributed by atoms with Crippen molar-refractivity contribution in [1.29, 1.82) is 0 Å². The van der Waals surface area contributed by atoms with Crippen LogP contribution in [-0.4, -0.2) is 57.4 Å². The summed E-state index contributed by atoms with van der Waals surface area (Å²) >= 11 is 0. The van der Waals surface area contributed by atoms with Gasteiger partial charge < -0.3 is 4.74 Å². The second kappa shape index (κ2) is 9.29. The molecule has 3 fully saturated rings. The highest BCUT2D eigenvalue weighted by molar-refractivity contribution is 7.89. The number of likely N-dealkylation sites (tertiary alicyclic amines) is 1. The van der Waals surface area contributed by atoms with Crippen LogP contribution in [0.5, 0.6) is 5.75 Å². The number of carbonyl (C=O) groups excluding carboxylic acids is 1. The number of nitrogens with one attached hydrogen (secondary N) is 1. The van der Waals surface area contributed by atoms with Crippen molar-refractivity contribution < 1.29 is 35.5 Å². The molecule has 6 nitrogen and oxygen atoms in total. The molecular formula is C23H30F4N2O4S. The monoisotopic (exact) mass is 506 g/mol. The van der Waals surface area contributed by atoms with Crippen molar-refractivity contribution in [3.05, 3.63) is 29.1 Å². The Morgan fingerprint density at radius 2 is 1.85 bits per heavy atom. The van der Waals surface area contributed by atoms with Crippen LogP contribution in [-0.2, 0) is 10.0 Å². The van der Waals surface area contributed by atoms with E-state index in [1.807, 2.05) is 4.90 Å². The van der Waals surface area contributed by atoms with E-state index in [0.717, 1.165) is 25.2 Å². The van der Waals surface area contributed by atoms with Crippen molar-refractivity contribution in [1.82, 2.24) is 9.62 Å². The van der Waals surface area contributed by atoms with Crippen LogP contribution in [0.2, 0.25) is 0 Å². The molecular weight excluding hydrogens is 476 g/mol. The quantitative estimate of drug-likeness (QED) is 0.557. The molecule has 34 heavy (non-hydrogen) atoms. The molecule has 0 unspecified atom stereocenters. The molecule has 4 rings (SSSR count). The summed E-state index contributed by atoms with van der Waals surface area (Å²) in [6.07, 6.45) is 0.597. The Bertz CT molecular complexity index is 1030. The van der Waals surface area contributed by atoms with Crippen LogP contribution in [0.3, 0.4) is 0 Å². The van der Waals surface area contributed by atoms with Crippen molar-refractivity contribution in [2.45, 2.75) is 69.6 Å². The van der Waals surface area contributed by atoms with E-state index in [2.05, 4.69) is 0 Å². The molecule has 2 aliphatic carbocycles. The van der Waals surface area contributed by atoms with Crippen molar-refractivity contribution in [2.75, 3.05) is 25.9 Å². The van der Waals surface area contributed by atoms with Gasteiger partial charge in [0.05, 0.1) is 17.2 Å². The zero-order chi connectivity index (χ0) is 24.7. The number of piperidine rings is 1. The van der Waals surface area contributed by atoms with Crippen LogP contribution in [0.25, 0.3) is 0 Å². The molecule has 0 spiro atoms. The van der Waals surface area contributed by atoms with Crippen LogP contribution < -0.4 is 9.46 Å². The number of ether oxygens (including phenoxy) is 1. The number of hydrogen-bond donors (Lipinski definition) is 1. The molecule has 1 aromatic rings. The van der Waals surface area contributed by atoms with Crippen molar-refractivity contribution in [3.8, 4) is 5.75 Å². The molecule has 1 saturated heterocycles. The molecule has 1 aromatic carbocycles. The van der Waals surface area contributed by atoms with Crippen LogP contribution in [0.4, 0.5) is 17.6 Å². The van der Waals surface area contributed by atoms with E-state index in [-0.39, 0.29) is 36.6 Å². The fourth-order valence-electron chi connectivity index (χ4n) is 5.23. The number of alkyl halides is 3. The number of benzene rings is 1. The Balaban J connectivity index is 1.50. The Labute approximate surface area is 197 Å². The Kier molecular flexibility index (Phi) is 6.89. The minimum Gasteiger partial charge on any atom is -0.489 e. The van der Waals surface area contributed by atoms with E-state index in [1.165, 1.54) is 6.07 Å². The third kappa shape index (κ3) is 5.67. The molecule has 3 aliphatic rings. The molecule has 1 N–H and O–H groups in total. The Morgan fingerprint density at radius 1 is 1.18 bits per heavy atom. The summed E-state index contributed by atoms with van der Waals surface area (Å²) < 4.78 is 86.9. The lowest BCUT2D eigenvalue weighted by Gasteiger charge is -2.40. The number of rotatable bonds is 7. The molecule has 1 amide bonds. The fourth-order valence-corrected chi connectivity index (χ4v) is 5.67. The molecule has 1 atom stereocenters. The van der Waals surface area contributed by atoms with E-state index in [9.17, 15) is 30.8 Å². The first-order valence-corrected chi connectivity index (χ1v) is 13.6. The van der Waals surface area contributed by atoms with Gasteiger partial charge in [-0.15, -0.1) is 0 Å². The molecule has 0 radical (unpaired) electrons. The van der Waals surface area contributed by atoms with Crippen molar-refractivity contribution in [3.63, 3.8) is 0 Å². The summed E-state index contributed by atoms with van der Waals surface area (Å²) in [5, 5.41) is 0. The number of carbonyl (C=O) groups is 1. The van der Waals surface area contributed by atoms with Crippen LogP contribution >= 0.6 is 0 Å². The lowest BCUT2D eigenvalue weighted by Crippen LogP contribution is -2.50. The number of sulfonamides is 1. The van der Waals surface area contributed by atoms with Gasteiger partial charge >= 0.3 is 6.18 Å². The topological polar surface area (TPSA) is 75.7 Å². The summed E-state index contributed by atoms with van der Waals surface area (Å²) in [6.45, 7) is 0.830. The molecule has 1 heterocycles. The number of halogens is 4. The zero-order valence-corrected chi connectivity index (χ0v) is 19.9. The molecule has 1 aliphatic heterocycles. The highest BCUT2D eigenvalue weighted by Crippen LogP contribution is 2.51. The number of hydrogen-bond acceptors (Lipinski definition) is 5. The van der Waals surface area contributed by atoms with Crippen LogP contribution in [0, 0.1) is 11.2 Å². The Hall–Kier alpha value is -1.88. The zero-order valence-electron chi connectivity index (χ0n) is 19.1. The lowest BCUT2D eigenvalue weighted by atomic mass is 9.84. The number of nitrogens with zero attached hydrogens (tertiary/aromatic N) is 1. The smallest absolute Gasteiger partial charge is 0.395 e. The van der Waals surface area contributed by atoms with E-state index >= 15 is 0 Å². The lowest BCUT2D eigenvalue weighted by molar-refractivity contribution is -0.229. The summed E-state index contributed by atoms with van der Waals surface area (Å²) in [4.78, 5) is 14.0. The van der Waals surface area contributed by atoms with Gasteiger partial charge in [0.2, 0.25) is 10.0 Å². The van der Waals surface area contributed by atoms with Gasteiger partial charge in [-0.1, -0.05) is 12.8 Å². The first kappa shape index (κ1) is 25.2. The highest BCUT2D eigenvalue weighted by atomic mass is 32.2. The second-order valence-electron chi connectivity index (χ2n) is 9.95. The maximum Gasteiger partial charge on any atom is 0.395 e. The minimum atomic E-state index is -4.25. The average molecular weight is 507 g/mol. The molecule has 11 heteroatoms. The first-order valence-electron chi connectivity index (χ1n) is 11.7. The third-order valence-electron chi connectivity index (χ3n) is 7.08. The maximum atomic E-state index is 14.8. The summed E-state index contributed by atoms with van der Waals surface area (Å²) in [6, 6.07) is 2.43. The predicted octanol–water partition coefficient (Wildman–Crippen LogP) is 4.36. The molecule has 0 bridgehead atoms. The maximum absolute atomic E-state index is 14.8. The van der Waals surface area contributed by atoms with Gasteiger partial charge in [-0.2, -0.15) is 13.2 Å². The molecule has 190 valence electrons. The summed E-state index contributed by atoms with van der Waals surface area (Å²) in [7, 11) is -3.85. The fraction of sp³-hybridized carbons (Fsp3) is 0.696. The predicted molar refractivity (Wildman–Crippen MR) is 118 cm³/mol. The van der Waals surface area contributed by atoms with Crippen LogP contribution in [0.15, 0.2) is 12.1 Å². The van der Waals surface area contributed by atoms with Crippen molar-refractivity contribution in [2.24, 2.45) is 5.41 Å². The van der Waals surface area contributed by atoms with E-state index in [0.29, 0.717) is 44.3 Å². The normalized spacial score (nSPS) is 23.6. The summed E-state index contributed by atoms with van der Waals surface area (Å²) in [5.41, 5.74) is -1.42. The van der Waals surface area contributed by atoms with Gasteiger partial charge in [0.25, 0.3) is 5.91 Å². The minimum absolute atomic E-state index is 0.0508. The SMILES string of the molecule is CS(=O)(=O)NC(=O)c1cc(C2CC2)c(O[C@@H]2CCCN(CC3(C(F)(F)F)CCCC3)C2)cc1F. The number of amides is 1. The van der Waals surface area contributed by atoms with Gasteiger partial charge in [0.15, 0.2) is 0 Å². The molecule has 2 saturated carbocycles.